The number of pyridine rings is 1. The minimum atomic E-state index is 0.0989. The van der Waals surface area contributed by atoms with Crippen LogP contribution in [0.4, 0.5) is 0 Å². The SMILES string of the molecule is Cc1ccc(C(N)CCN(C)Cc2ccccn2)cc1. The lowest BCUT2D eigenvalue weighted by atomic mass is 10.0. The number of aromatic nitrogens is 1. The van der Waals surface area contributed by atoms with Gasteiger partial charge in [-0.25, -0.2) is 0 Å². The molecule has 0 aliphatic carbocycles. The molecule has 2 N–H and O–H groups in total. The summed E-state index contributed by atoms with van der Waals surface area (Å²) in [6, 6.07) is 14.6. The van der Waals surface area contributed by atoms with Crippen LogP contribution in [0.5, 0.6) is 0 Å². The molecule has 0 aliphatic heterocycles. The molecule has 0 saturated heterocycles. The Balaban J connectivity index is 1.81. The lowest BCUT2D eigenvalue weighted by Gasteiger charge is -2.19. The van der Waals surface area contributed by atoms with Gasteiger partial charge in [0.1, 0.15) is 0 Å². The average molecular weight is 269 g/mol. The zero-order valence-corrected chi connectivity index (χ0v) is 12.3. The molecule has 1 aromatic heterocycles. The van der Waals surface area contributed by atoms with Crippen LogP contribution < -0.4 is 5.73 Å². The molecule has 0 radical (unpaired) electrons. The molecule has 0 saturated carbocycles. The molecule has 1 heterocycles. The van der Waals surface area contributed by atoms with Gasteiger partial charge >= 0.3 is 0 Å². The lowest BCUT2D eigenvalue weighted by molar-refractivity contribution is 0.308. The molecule has 3 nitrogen and oxygen atoms in total. The molecule has 1 aromatic carbocycles. The first-order valence-electron chi connectivity index (χ1n) is 7.06. The van der Waals surface area contributed by atoms with E-state index < -0.39 is 0 Å². The lowest BCUT2D eigenvalue weighted by Crippen LogP contribution is -2.23. The summed E-state index contributed by atoms with van der Waals surface area (Å²) < 4.78 is 0. The zero-order valence-electron chi connectivity index (χ0n) is 12.3. The molecule has 1 atom stereocenters. The van der Waals surface area contributed by atoms with Crippen molar-refractivity contribution in [3.8, 4) is 0 Å². The smallest absolute Gasteiger partial charge is 0.0543 e. The molecular weight excluding hydrogens is 246 g/mol. The van der Waals surface area contributed by atoms with Crippen molar-refractivity contribution >= 4 is 0 Å². The van der Waals surface area contributed by atoms with Crippen LogP contribution >= 0.6 is 0 Å². The van der Waals surface area contributed by atoms with Crippen LogP contribution in [0.15, 0.2) is 48.7 Å². The Morgan fingerprint density at radius 2 is 1.90 bits per heavy atom. The van der Waals surface area contributed by atoms with E-state index in [1.165, 1.54) is 11.1 Å². The number of rotatable bonds is 6. The topological polar surface area (TPSA) is 42.1 Å². The molecule has 1 unspecified atom stereocenters. The summed E-state index contributed by atoms with van der Waals surface area (Å²) in [4.78, 5) is 6.60. The molecule has 2 aromatic rings. The molecule has 0 bridgehead atoms. The van der Waals surface area contributed by atoms with Gasteiger partial charge in [0.15, 0.2) is 0 Å². The van der Waals surface area contributed by atoms with E-state index in [1.807, 2.05) is 18.3 Å². The van der Waals surface area contributed by atoms with E-state index in [-0.39, 0.29) is 6.04 Å². The highest BCUT2D eigenvalue weighted by atomic mass is 15.1. The van der Waals surface area contributed by atoms with Crippen molar-refractivity contribution in [2.45, 2.75) is 25.9 Å². The largest absolute Gasteiger partial charge is 0.324 e. The van der Waals surface area contributed by atoms with Crippen LogP contribution in [-0.2, 0) is 6.54 Å². The third-order valence-electron chi connectivity index (χ3n) is 3.49. The second-order valence-electron chi connectivity index (χ2n) is 5.36. The Morgan fingerprint density at radius 3 is 2.55 bits per heavy atom. The maximum Gasteiger partial charge on any atom is 0.0543 e. The van der Waals surface area contributed by atoms with Crippen LogP contribution in [0, 0.1) is 6.92 Å². The minimum Gasteiger partial charge on any atom is -0.324 e. The number of aryl methyl sites for hydroxylation is 1. The zero-order chi connectivity index (χ0) is 14.4. The van der Waals surface area contributed by atoms with Crippen LogP contribution in [0.1, 0.15) is 29.3 Å². The molecule has 0 aliphatic rings. The number of nitrogens with zero attached hydrogens (tertiary/aromatic N) is 2. The second-order valence-corrected chi connectivity index (χ2v) is 5.36. The first-order valence-corrected chi connectivity index (χ1v) is 7.06. The molecule has 0 spiro atoms. The quantitative estimate of drug-likeness (QED) is 0.876. The van der Waals surface area contributed by atoms with Gasteiger partial charge in [0.2, 0.25) is 0 Å². The third kappa shape index (κ3) is 4.44. The van der Waals surface area contributed by atoms with E-state index in [1.54, 1.807) is 0 Å². The molecule has 0 fully saturated rings. The fourth-order valence-electron chi connectivity index (χ4n) is 2.19. The summed E-state index contributed by atoms with van der Waals surface area (Å²) in [5.41, 5.74) is 9.82. The van der Waals surface area contributed by atoms with Crippen molar-refractivity contribution in [3.05, 3.63) is 65.5 Å². The van der Waals surface area contributed by atoms with Gasteiger partial charge in [0.05, 0.1) is 5.69 Å². The van der Waals surface area contributed by atoms with Gasteiger partial charge in [0, 0.05) is 25.3 Å². The van der Waals surface area contributed by atoms with E-state index >= 15 is 0 Å². The van der Waals surface area contributed by atoms with Crippen molar-refractivity contribution in [1.82, 2.24) is 9.88 Å². The molecule has 3 heteroatoms. The fourth-order valence-corrected chi connectivity index (χ4v) is 2.19. The van der Waals surface area contributed by atoms with Gasteiger partial charge in [-0.2, -0.15) is 0 Å². The van der Waals surface area contributed by atoms with E-state index in [4.69, 9.17) is 5.73 Å². The average Bonchev–Trinajstić information content (AvgIpc) is 2.46. The highest BCUT2D eigenvalue weighted by molar-refractivity contribution is 5.23. The number of hydrogen-bond donors (Lipinski definition) is 1. The molecular formula is C17H23N3. The van der Waals surface area contributed by atoms with E-state index in [9.17, 15) is 0 Å². The maximum absolute atomic E-state index is 6.24. The van der Waals surface area contributed by atoms with Crippen LogP contribution in [-0.4, -0.2) is 23.5 Å². The standard InChI is InChI=1S/C17H23N3/c1-14-6-8-15(9-7-14)17(18)10-12-20(2)13-16-5-3-4-11-19-16/h3-9,11,17H,10,12-13,18H2,1-2H3. The molecule has 2 rings (SSSR count). The van der Waals surface area contributed by atoms with Crippen molar-refractivity contribution in [1.29, 1.82) is 0 Å². The number of nitrogens with two attached hydrogens (primary N) is 1. The van der Waals surface area contributed by atoms with Crippen molar-refractivity contribution in [2.75, 3.05) is 13.6 Å². The van der Waals surface area contributed by atoms with E-state index in [0.29, 0.717) is 0 Å². The summed E-state index contributed by atoms with van der Waals surface area (Å²) in [6.07, 6.45) is 2.79. The van der Waals surface area contributed by atoms with Crippen LogP contribution in [0.3, 0.4) is 0 Å². The van der Waals surface area contributed by atoms with Crippen LogP contribution in [0.2, 0.25) is 0 Å². The second kappa shape index (κ2) is 7.17. The van der Waals surface area contributed by atoms with Gasteiger partial charge in [-0.3, -0.25) is 4.98 Å². The van der Waals surface area contributed by atoms with E-state index in [2.05, 4.69) is 54.2 Å². The predicted octanol–water partition coefficient (Wildman–Crippen LogP) is 2.91. The third-order valence-corrected chi connectivity index (χ3v) is 3.49. The van der Waals surface area contributed by atoms with Crippen LogP contribution in [0.25, 0.3) is 0 Å². The number of benzene rings is 1. The first-order chi connectivity index (χ1) is 9.65. The summed E-state index contributed by atoms with van der Waals surface area (Å²) in [5.74, 6) is 0. The molecule has 0 amide bonds. The monoisotopic (exact) mass is 269 g/mol. The molecule has 106 valence electrons. The van der Waals surface area contributed by atoms with Gasteiger partial charge in [0.25, 0.3) is 0 Å². The van der Waals surface area contributed by atoms with Gasteiger partial charge in [-0.1, -0.05) is 35.9 Å². The van der Waals surface area contributed by atoms with Gasteiger partial charge in [-0.15, -0.1) is 0 Å². The normalized spacial score (nSPS) is 12.6. The fraction of sp³-hybridized carbons (Fsp3) is 0.353. The van der Waals surface area contributed by atoms with E-state index in [0.717, 1.165) is 25.2 Å². The summed E-state index contributed by atoms with van der Waals surface area (Å²) in [6.45, 7) is 3.92. The minimum absolute atomic E-state index is 0.0989. The van der Waals surface area contributed by atoms with Crippen molar-refractivity contribution in [3.63, 3.8) is 0 Å². The van der Waals surface area contributed by atoms with Gasteiger partial charge < -0.3 is 10.6 Å². The summed E-state index contributed by atoms with van der Waals surface area (Å²) in [5, 5.41) is 0. The predicted molar refractivity (Wildman–Crippen MR) is 83.3 cm³/mol. The Morgan fingerprint density at radius 1 is 1.15 bits per heavy atom. The highest BCUT2D eigenvalue weighted by Gasteiger charge is 2.08. The van der Waals surface area contributed by atoms with Crippen molar-refractivity contribution in [2.24, 2.45) is 5.73 Å². The summed E-state index contributed by atoms with van der Waals surface area (Å²) in [7, 11) is 2.11. The molecule has 20 heavy (non-hydrogen) atoms. The summed E-state index contributed by atoms with van der Waals surface area (Å²) >= 11 is 0. The highest BCUT2D eigenvalue weighted by Crippen LogP contribution is 2.15. The number of hydrogen-bond acceptors (Lipinski definition) is 3. The Kier molecular flexibility index (Phi) is 5.27. The Bertz CT molecular complexity index is 508. The first kappa shape index (κ1) is 14.7. The Labute approximate surface area is 121 Å². The van der Waals surface area contributed by atoms with Crippen molar-refractivity contribution < 1.29 is 0 Å². The van der Waals surface area contributed by atoms with Gasteiger partial charge in [-0.05, 0) is 38.1 Å². The Hall–Kier alpha value is -1.71. The maximum atomic E-state index is 6.24.